The van der Waals surface area contributed by atoms with E-state index in [1.54, 1.807) is 0 Å². The summed E-state index contributed by atoms with van der Waals surface area (Å²) in [5.41, 5.74) is 1.23. The van der Waals surface area contributed by atoms with Crippen LogP contribution in [0.5, 0.6) is 0 Å². The van der Waals surface area contributed by atoms with Crippen LogP contribution in [0.25, 0.3) is 0 Å². The first kappa shape index (κ1) is 9.40. The Kier molecular flexibility index (Phi) is 2.33. The van der Waals surface area contributed by atoms with E-state index in [1.807, 2.05) is 30.4 Å². The summed E-state index contributed by atoms with van der Waals surface area (Å²) in [6.07, 6.45) is 8.27. The first-order valence-corrected chi connectivity index (χ1v) is 5.54. The van der Waals surface area contributed by atoms with Gasteiger partial charge in [-0.3, -0.25) is 0 Å². The summed E-state index contributed by atoms with van der Waals surface area (Å²) in [7, 11) is 0. The third-order valence-electron chi connectivity index (χ3n) is 2.89. The predicted molar refractivity (Wildman–Crippen MR) is 64.3 cm³/mol. The monoisotopic (exact) mass is 211 g/mol. The van der Waals surface area contributed by atoms with Gasteiger partial charge in [-0.15, -0.1) is 0 Å². The van der Waals surface area contributed by atoms with Gasteiger partial charge in [0.1, 0.15) is 12.6 Å². The zero-order valence-electron chi connectivity index (χ0n) is 8.91. The third kappa shape index (κ3) is 1.67. The molecule has 1 aromatic carbocycles. The number of nitrogens with zero attached hydrogens (tertiary/aromatic N) is 1. The molecule has 1 heterocycles. The maximum absolute atomic E-state index is 5.65. The van der Waals surface area contributed by atoms with Gasteiger partial charge in [-0.2, -0.15) is 0 Å². The standard InChI is InChI=1S/C14H13NO/c1-2-6-11(7-3-1)13-10-16-14(15-13)12-8-4-5-9-12/h1-9,12-13H,10H2/t13-/m0/s1. The molecule has 80 valence electrons. The van der Waals surface area contributed by atoms with E-state index >= 15 is 0 Å². The Labute approximate surface area is 95.0 Å². The molecule has 0 spiro atoms. The fraction of sp³-hybridized carbons (Fsp3) is 0.214. The Morgan fingerprint density at radius 2 is 1.81 bits per heavy atom. The predicted octanol–water partition coefficient (Wildman–Crippen LogP) is 2.90. The molecule has 1 aromatic rings. The molecule has 2 nitrogen and oxygen atoms in total. The summed E-state index contributed by atoms with van der Waals surface area (Å²) in [4.78, 5) is 4.63. The molecule has 1 aliphatic heterocycles. The van der Waals surface area contributed by atoms with Gasteiger partial charge in [-0.1, -0.05) is 54.6 Å². The second-order valence-corrected chi connectivity index (χ2v) is 4.00. The molecule has 0 fully saturated rings. The first-order valence-electron chi connectivity index (χ1n) is 5.54. The number of allylic oxidation sites excluding steroid dienone is 2. The molecular formula is C14H13NO. The van der Waals surface area contributed by atoms with Crippen molar-refractivity contribution in [2.24, 2.45) is 10.9 Å². The summed E-state index contributed by atoms with van der Waals surface area (Å²) in [5, 5.41) is 0. The molecular weight excluding hydrogens is 198 g/mol. The molecule has 0 radical (unpaired) electrons. The lowest BCUT2D eigenvalue weighted by Gasteiger charge is -2.04. The molecule has 1 aliphatic carbocycles. The Morgan fingerprint density at radius 3 is 2.56 bits per heavy atom. The summed E-state index contributed by atoms with van der Waals surface area (Å²) in [5.74, 6) is 1.09. The van der Waals surface area contributed by atoms with Crippen LogP contribution in [0.1, 0.15) is 11.6 Å². The number of ether oxygens (including phenoxy) is 1. The molecule has 2 heteroatoms. The van der Waals surface area contributed by atoms with Crippen LogP contribution in [0.3, 0.4) is 0 Å². The number of rotatable bonds is 2. The van der Waals surface area contributed by atoms with Crippen LogP contribution in [0.2, 0.25) is 0 Å². The quantitative estimate of drug-likeness (QED) is 0.737. The van der Waals surface area contributed by atoms with Crippen molar-refractivity contribution in [2.75, 3.05) is 6.61 Å². The van der Waals surface area contributed by atoms with Gasteiger partial charge in [-0.05, 0) is 5.56 Å². The fourth-order valence-corrected chi connectivity index (χ4v) is 2.02. The zero-order chi connectivity index (χ0) is 10.8. The van der Waals surface area contributed by atoms with Gasteiger partial charge in [0.2, 0.25) is 0 Å². The number of aliphatic imine (C=N–C) groups is 1. The van der Waals surface area contributed by atoms with Crippen molar-refractivity contribution in [3.63, 3.8) is 0 Å². The van der Waals surface area contributed by atoms with E-state index in [-0.39, 0.29) is 12.0 Å². The van der Waals surface area contributed by atoms with Crippen molar-refractivity contribution in [1.82, 2.24) is 0 Å². The van der Waals surface area contributed by atoms with Gasteiger partial charge in [0, 0.05) is 0 Å². The Balaban J connectivity index is 1.81. The van der Waals surface area contributed by atoms with E-state index < -0.39 is 0 Å². The smallest absolute Gasteiger partial charge is 0.195 e. The minimum Gasteiger partial charge on any atom is -0.478 e. The summed E-state index contributed by atoms with van der Waals surface area (Å²) in [6.45, 7) is 0.664. The van der Waals surface area contributed by atoms with Crippen molar-refractivity contribution in [3.05, 3.63) is 60.2 Å². The van der Waals surface area contributed by atoms with Crippen molar-refractivity contribution in [1.29, 1.82) is 0 Å². The van der Waals surface area contributed by atoms with Crippen LogP contribution in [-0.4, -0.2) is 12.5 Å². The molecule has 0 aromatic heterocycles. The molecule has 0 bridgehead atoms. The van der Waals surface area contributed by atoms with E-state index in [2.05, 4.69) is 29.3 Å². The lowest BCUT2D eigenvalue weighted by Crippen LogP contribution is -2.08. The number of benzene rings is 1. The van der Waals surface area contributed by atoms with Gasteiger partial charge in [0.15, 0.2) is 5.90 Å². The maximum atomic E-state index is 5.65. The summed E-state index contributed by atoms with van der Waals surface area (Å²) < 4.78 is 5.65. The van der Waals surface area contributed by atoms with Crippen LogP contribution in [0, 0.1) is 5.92 Å². The number of hydrogen-bond acceptors (Lipinski definition) is 2. The maximum Gasteiger partial charge on any atom is 0.195 e. The van der Waals surface area contributed by atoms with Crippen LogP contribution in [0.4, 0.5) is 0 Å². The van der Waals surface area contributed by atoms with Crippen LogP contribution in [-0.2, 0) is 4.74 Å². The van der Waals surface area contributed by atoms with Crippen molar-refractivity contribution in [3.8, 4) is 0 Å². The lowest BCUT2D eigenvalue weighted by molar-refractivity contribution is 0.309. The molecule has 0 saturated heterocycles. The second kappa shape index (κ2) is 3.97. The highest BCUT2D eigenvalue weighted by molar-refractivity contribution is 5.84. The lowest BCUT2D eigenvalue weighted by atomic mass is 10.1. The van der Waals surface area contributed by atoms with Gasteiger partial charge in [-0.25, -0.2) is 4.99 Å². The molecule has 0 amide bonds. The molecule has 0 saturated carbocycles. The van der Waals surface area contributed by atoms with Gasteiger partial charge < -0.3 is 4.74 Å². The summed E-state index contributed by atoms with van der Waals surface area (Å²) >= 11 is 0. The molecule has 0 N–H and O–H groups in total. The average molecular weight is 211 g/mol. The average Bonchev–Trinajstić information content (AvgIpc) is 3.01. The van der Waals surface area contributed by atoms with Crippen molar-refractivity contribution < 1.29 is 4.74 Å². The molecule has 1 atom stereocenters. The van der Waals surface area contributed by atoms with Gasteiger partial charge >= 0.3 is 0 Å². The minimum atomic E-state index is 0.165. The second-order valence-electron chi connectivity index (χ2n) is 4.00. The third-order valence-corrected chi connectivity index (χ3v) is 2.89. The topological polar surface area (TPSA) is 21.6 Å². The normalized spacial score (nSPS) is 23.5. The molecule has 0 unspecified atom stereocenters. The molecule has 2 aliphatic rings. The molecule has 3 rings (SSSR count). The summed E-state index contributed by atoms with van der Waals surface area (Å²) in [6, 6.07) is 10.5. The van der Waals surface area contributed by atoms with Crippen LogP contribution < -0.4 is 0 Å². The first-order chi connectivity index (χ1) is 7.93. The largest absolute Gasteiger partial charge is 0.478 e. The van der Waals surface area contributed by atoms with Crippen molar-refractivity contribution >= 4 is 5.90 Å². The highest BCUT2D eigenvalue weighted by Gasteiger charge is 2.24. The van der Waals surface area contributed by atoms with Gasteiger partial charge in [0.25, 0.3) is 0 Å². The highest BCUT2D eigenvalue weighted by atomic mass is 16.5. The van der Waals surface area contributed by atoms with E-state index in [1.165, 1.54) is 5.56 Å². The van der Waals surface area contributed by atoms with Gasteiger partial charge in [0.05, 0.1) is 5.92 Å². The Bertz CT molecular complexity index is 447. The SMILES string of the molecule is C1=CC(C2=N[C@H](c3ccccc3)CO2)C=C1. The number of hydrogen-bond donors (Lipinski definition) is 0. The van der Waals surface area contributed by atoms with Crippen molar-refractivity contribution in [2.45, 2.75) is 6.04 Å². The molecule has 16 heavy (non-hydrogen) atoms. The van der Waals surface area contributed by atoms with Crippen LogP contribution >= 0.6 is 0 Å². The van der Waals surface area contributed by atoms with E-state index in [0.717, 1.165) is 5.90 Å². The Morgan fingerprint density at radius 1 is 1.06 bits per heavy atom. The van der Waals surface area contributed by atoms with Crippen LogP contribution in [0.15, 0.2) is 59.6 Å². The fourth-order valence-electron chi connectivity index (χ4n) is 2.02. The van der Waals surface area contributed by atoms with E-state index in [9.17, 15) is 0 Å². The zero-order valence-corrected chi connectivity index (χ0v) is 8.91. The minimum absolute atomic E-state index is 0.165. The van der Waals surface area contributed by atoms with E-state index in [0.29, 0.717) is 6.61 Å². The highest BCUT2D eigenvalue weighted by Crippen LogP contribution is 2.26. The van der Waals surface area contributed by atoms with E-state index in [4.69, 9.17) is 4.74 Å². The Hall–Kier alpha value is -1.83.